The van der Waals surface area contributed by atoms with E-state index >= 15 is 0 Å². The first-order valence-corrected chi connectivity index (χ1v) is 5.60. The van der Waals surface area contributed by atoms with Crippen molar-refractivity contribution in [2.75, 3.05) is 20.0 Å². The van der Waals surface area contributed by atoms with E-state index in [2.05, 4.69) is 10.1 Å². The minimum absolute atomic E-state index is 0.169. The summed E-state index contributed by atoms with van der Waals surface area (Å²) in [5, 5.41) is 11.0. The van der Waals surface area contributed by atoms with Crippen LogP contribution >= 0.6 is 0 Å². The molecule has 1 aromatic carbocycles. The van der Waals surface area contributed by atoms with Crippen LogP contribution in [0.2, 0.25) is 0 Å². The largest absolute Gasteiger partial charge is 0.480 e. The van der Waals surface area contributed by atoms with E-state index < -0.39 is 18.5 Å². The summed E-state index contributed by atoms with van der Waals surface area (Å²) in [6.07, 6.45) is 0. The molecule has 0 aliphatic carbocycles. The van der Waals surface area contributed by atoms with Gasteiger partial charge in [0.2, 0.25) is 12.7 Å². The zero-order chi connectivity index (χ0) is 13.7. The molecule has 0 aromatic heterocycles. The molecule has 1 heterocycles. The Kier molecular flexibility index (Phi) is 4.19. The van der Waals surface area contributed by atoms with Crippen LogP contribution in [-0.2, 0) is 20.9 Å². The molecule has 1 aromatic rings. The monoisotopic (exact) mass is 267 g/mol. The van der Waals surface area contributed by atoms with Gasteiger partial charge in [-0.05, 0) is 6.07 Å². The van der Waals surface area contributed by atoms with E-state index in [1.54, 1.807) is 12.1 Å². The van der Waals surface area contributed by atoms with Gasteiger partial charge in [-0.15, -0.1) is 0 Å². The fourth-order valence-corrected chi connectivity index (χ4v) is 1.61. The second kappa shape index (κ2) is 6.05. The second-order valence-corrected chi connectivity index (χ2v) is 3.81. The number of aliphatic carboxylic acids is 1. The highest BCUT2D eigenvalue weighted by Crippen LogP contribution is 2.35. The molecule has 1 amide bonds. The van der Waals surface area contributed by atoms with E-state index in [-0.39, 0.29) is 19.9 Å². The van der Waals surface area contributed by atoms with Crippen molar-refractivity contribution in [2.45, 2.75) is 6.54 Å². The number of carboxylic acid groups (broad SMARTS) is 1. The fraction of sp³-hybridized carbons (Fsp3) is 0.333. The second-order valence-electron chi connectivity index (χ2n) is 3.81. The van der Waals surface area contributed by atoms with Crippen LogP contribution in [-0.4, -0.2) is 37.0 Å². The van der Waals surface area contributed by atoms with Crippen LogP contribution in [0.1, 0.15) is 5.56 Å². The molecular weight excluding hydrogens is 254 g/mol. The molecule has 7 nitrogen and oxygen atoms in total. The van der Waals surface area contributed by atoms with E-state index in [1.807, 2.05) is 6.07 Å². The molecule has 0 saturated carbocycles. The smallest absolute Gasteiger partial charge is 0.329 e. The van der Waals surface area contributed by atoms with Crippen molar-refractivity contribution in [2.24, 2.45) is 0 Å². The third-order valence-electron chi connectivity index (χ3n) is 2.41. The number of benzene rings is 1. The number of amides is 1. The maximum absolute atomic E-state index is 11.4. The quantitative estimate of drug-likeness (QED) is 0.761. The van der Waals surface area contributed by atoms with Crippen LogP contribution in [0.5, 0.6) is 11.5 Å². The molecule has 0 fully saturated rings. The molecule has 1 aliphatic heterocycles. The van der Waals surface area contributed by atoms with Gasteiger partial charge in [0.25, 0.3) is 0 Å². The Labute approximate surface area is 109 Å². The van der Waals surface area contributed by atoms with Crippen molar-refractivity contribution in [3.63, 3.8) is 0 Å². The summed E-state index contributed by atoms with van der Waals surface area (Å²) < 4.78 is 15.2. The normalized spacial score (nSPS) is 12.2. The van der Waals surface area contributed by atoms with Crippen molar-refractivity contribution < 1.29 is 28.9 Å². The van der Waals surface area contributed by atoms with Gasteiger partial charge >= 0.3 is 5.97 Å². The van der Waals surface area contributed by atoms with Crippen LogP contribution in [0.4, 0.5) is 0 Å². The molecular formula is C12H13NO6. The Hall–Kier alpha value is -2.28. The average Bonchev–Trinajstić information content (AvgIpc) is 2.84. The lowest BCUT2D eigenvalue weighted by atomic mass is 10.2. The summed E-state index contributed by atoms with van der Waals surface area (Å²) in [5.74, 6) is -0.236. The summed E-state index contributed by atoms with van der Waals surface area (Å²) in [7, 11) is 0. The number of hydrogen-bond acceptors (Lipinski definition) is 5. The molecule has 1 aliphatic rings. The number of carbonyl (C=O) groups excluding carboxylic acids is 1. The van der Waals surface area contributed by atoms with Gasteiger partial charge < -0.3 is 24.6 Å². The van der Waals surface area contributed by atoms with Crippen molar-refractivity contribution in [1.82, 2.24) is 5.32 Å². The Balaban J connectivity index is 1.81. The van der Waals surface area contributed by atoms with Gasteiger partial charge in [-0.2, -0.15) is 0 Å². The van der Waals surface area contributed by atoms with Crippen LogP contribution in [0.25, 0.3) is 0 Å². The van der Waals surface area contributed by atoms with Gasteiger partial charge in [-0.3, -0.25) is 4.79 Å². The van der Waals surface area contributed by atoms with Crippen LogP contribution in [0.15, 0.2) is 18.2 Å². The number of para-hydroxylation sites is 1. The number of nitrogens with one attached hydrogen (secondary N) is 1. The standard InChI is InChI=1S/C12H13NO6/c14-10(5-17-6-11(15)16)13-4-8-2-1-3-9-12(8)19-7-18-9/h1-3H,4-7H2,(H,13,14)(H,15,16). The molecule has 0 bridgehead atoms. The maximum Gasteiger partial charge on any atom is 0.329 e. The molecule has 2 rings (SSSR count). The molecule has 0 saturated heterocycles. The number of ether oxygens (including phenoxy) is 3. The molecule has 0 atom stereocenters. The number of carbonyl (C=O) groups is 2. The Morgan fingerprint density at radius 1 is 1.32 bits per heavy atom. The summed E-state index contributed by atoms with van der Waals surface area (Å²) in [4.78, 5) is 21.6. The van der Waals surface area contributed by atoms with Gasteiger partial charge in [0.15, 0.2) is 11.5 Å². The van der Waals surface area contributed by atoms with E-state index in [4.69, 9.17) is 14.6 Å². The Bertz CT molecular complexity index is 487. The van der Waals surface area contributed by atoms with Gasteiger partial charge in [-0.25, -0.2) is 4.79 Å². The molecule has 0 spiro atoms. The summed E-state index contributed by atoms with van der Waals surface area (Å²) in [6.45, 7) is -0.354. The van der Waals surface area contributed by atoms with Crippen molar-refractivity contribution in [3.8, 4) is 11.5 Å². The first-order valence-electron chi connectivity index (χ1n) is 5.60. The summed E-state index contributed by atoms with van der Waals surface area (Å²) >= 11 is 0. The number of fused-ring (bicyclic) bond motifs is 1. The lowest BCUT2D eigenvalue weighted by Crippen LogP contribution is -2.28. The molecule has 19 heavy (non-hydrogen) atoms. The van der Waals surface area contributed by atoms with Crippen molar-refractivity contribution in [3.05, 3.63) is 23.8 Å². The lowest BCUT2D eigenvalue weighted by molar-refractivity contribution is -0.143. The predicted molar refractivity (Wildman–Crippen MR) is 62.9 cm³/mol. The van der Waals surface area contributed by atoms with E-state index in [1.165, 1.54) is 0 Å². The topological polar surface area (TPSA) is 94.1 Å². The van der Waals surface area contributed by atoms with E-state index in [0.29, 0.717) is 11.5 Å². The van der Waals surface area contributed by atoms with E-state index in [0.717, 1.165) is 5.56 Å². The third-order valence-corrected chi connectivity index (χ3v) is 2.41. The summed E-state index contributed by atoms with van der Waals surface area (Å²) in [5.41, 5.74) is 0.793. The highest BCUT2D eigenvalue weighted by molar-refractivity contribution is 5.77. The number of rotatable bonds is 6. The molecule has 102 valence electrons. The predicted octanol–water partition coefficient (Wildman–Crippen LogP) is 0.133. The van der Waals surface area contributed by atoms with Gasteiger partial charge in [0, 0.05) is 12.1 Å². The average molecular weight is 267 g/mol. The molecule has 0 radical (unpaired) electrons. The SMILES string of the molecule is O=C(O)COCC(=O)NCc1cccc2c1OCO2. The molecule has 7 heteroatoms. The molecule has 2 N–H and O–H groups in total. The highest BCUT2D eigenvalue weighted by Gasteiger charge is 2.17. The molecule has 0 unspecified atom stereocenters. The highest BCUT2D eigenvalue weighted by atomic mass is 16.7. The van der Waals surface area contributed by atoms with Gasteiger partial charge in [-0.1, -0.05) is 12.1 Å². The lowest BCUT2D eigenvalue weighted by Gasteiger charge is -2.07. The van der Waals surface area contributed by atoms with Crippen molar-refractivity contribution >= 4 is 11.9 Å². The van der Waals surface area contributed by atoms with E-state index in [9.17, 15) is 9.59 Å². The fourth-order valence-electron chi connectivity index (χ4n) is 1.61. The zero-order valence-corrected chi connectivity index (χ0v) is 10.0. The maximum atomic E-state index is 11.4. The summed E-state index contributed by atoms with van der Waals surface area (Å²) in [6, 6.07) is 5.39. The number of hydrogen-bond donors (Lipinski definition) is 2. The van der Waals surface area contributed by atoms with Crippen LogP contribution < -0.4 is 14.8 Å². The first-order chi connectivity index (χ1) is 9.16. The Morgan fingerprint density at radius 2 is 2.16 bits per heavy atom. The van der Waals surface area contributed by atoms with Gasteiger partial charge in [0.05, 0.1) is 0 Å². The first kappa shape index (κ1) is 13.2. The van der Waals surface area contributed by atoms with Crippen molar-refractivity contribution in [1.29, 1.82) is 0 Å². The minimum atomic E-state index is -1.11. The van der Waals surface area contributed by atoms with Gasteiger partial charge in [0.1, 0.15) is 13.2 Å². The van der Waals surface area contributed by atoms with Crippen LogP contribution in [0.3, 0.4) is 0 Å². The minimum Gasteiger partial charge on any atom is -0.480 e. The number of carboxylic acids is 1. The Morgan fingerprint density at radius 3 is 2.95 bits per heavy atom. The third kappa shape index (κ3) is 3.59. The van der Waals surface area contributed by atoms with Crippen LogP contribution in [0, 0.1) is 0 Å². The zero-order valence-electron chi connectivity index (χ0n) is 10.0.